The van der Waals surface area contributed by atoms with Crippen molar-refractivity contribution in [3.63, 3.8) is 0 Å². The molecule has 1 spiro atoms. The van der Waals surface area contributed by atoms with Gasteiger partial charge in [-0.3, -0.25) is 0 Å². The van der Waals surface area contributed by atoms with Crippen LogP contribution in [-0.4, -0.2) is 24.0 Å². The maximum absolute atomic E-state index is 2.63. The standard InChI is InChI=1S/C12H23N/c1-11(2,3)10-5-6-12(7-8-12)13(4)9-10/h10H,5-9H2,1-4H3. The van der Waals surface area contributed by atoms with Gasteiger partial charge in [0.1, 0.15) is 0 Å². The molecule has 2 fully saturated rings. The molecule has 1 aliphatic carbocycles. The van der Waals surface area contributed by atoms with E-state index < -0.39 is 0 Å². The summed E-state index contributed by atoms with van der Waals surface area (Å²) in [6.07, 6.45) is 5.82. The minimum atomic E-state index is 0.505. The van der Waals surface area contributed by atoms with Crippen LogP contribution in [0.1, 0.15) is 46.5 Å². The molecular formula is C12H23N. The van der Waals surface area contributed by atoms with Gasteiger partial charge in [0.25, 0.3) is 0 Å². The Bertz CT molecular complexity index is 198. The number of piperidine rings is 1. The lowest BCUT2D eigenvalue weighted by Gasteiger charge is -2.43. The fourth-order valence-electron chi connectivity index (χ4n) is 2.73. The lowest BCUT2D eigenvalue weighted by Crippen LogP contribution is -2.45. The highest BCUT2D eigenvalue weighted by molar-refractivity contribution is 5.06. The zero-order valence-corrected chi connectivity index (χ0v) is 9.56. The molecule has 1 saturated carbocycles. The third kappa shape index (κ3) is 1.63. The van der Waals surface area contributed by atoms with Crippen molar-refractivity contribution in [2.24, 2.45) is 11.3 Å². The molecule has 1 atom stereocenters. The number of nitrogens with zero attached hydrogens (tertiary/aromatic N) is 1. The van der Waals surface area contributed by atoms with Crippen molar-refractivity contribution in [1.29, 1.82) is 0 Å². The quantitative estimate of drug-likeness (QED) is 0.555. The van der Waals surface area contributed by atoms with E-state index in [1.165, 1.54) is 32.2 Å². The molecule has 2 rings (SSSR count). The van der Waals surface area contributed by atoms with E-state index in [0.717, 1.165) is 5.92 Å². The second-order valence-corrected chi connectivity index (χ2v) is 6.21. The predicted molar refractivity (Wildman–Crippen MR) is 56.8 cm³/mol. The molecule has 2 aliphatic rings. The Labute approximate surface area is 82.5 Å². The Morgan fingerprint density at radius 1 is 1.15 bits per heavy atom. The molecule has 0 bridgehead atoms. The van der Waals surface area contributed by atoms with Crippen molar-refractivity contribution in [2.45, 2.75) is 52.0 Å². The van der Waals surface area contributed by atoms with Crippen LogP contribution in [0.3, 0.4) is 0 Å². The topological polar surface area (TPSA) is 3.24 Å². The molecule has 13 heavy (non-hydrogen) atoms. The summed E-state index contributed by atoms with van der Waals surface area (Å²) in [7, 11) is 2.32. The molecule has 0 aromatic rings. The van der Waals surface area contributed by atoms with E-state index in [4.69, 9.17) is 0 Å². The van der Waals surface area contributed by atoms with Crippen LogP contribution in [0.2, 0.25) is 0 Å². The summed E-state index contributed by atoms with van der Waals surface area (Å²) < 4.78 is 0. The molecule has 1 heterocycles. The molecule has 1 aliphatic heterocycles. The summed E-state index contributed by atoms with van der Waals surface area (Å²) in [6, 6.07) is 0. The van der Waals surface area contributed by atoms with Gasteiger partial charge in [-0.25, -0.2) is 0 Å². The van der Waals surface area contributed by atoms with Crippen molar-refractivity contribution in [2.75, 3.05) is 13.6 Å². The molecule has 0 N–H and O–H groups in total. The van der Waals surface area contributed by atoms with Crippen LogP contribution < -0.4 is 0 Å². The fraction of sp³-hybridized carbons (Fsp3) is 1.00. The van der Waals surface area contributed by atoms with Gasteiger partial charge in [-0.1, -0.05) is 20.8 Å². The highest BCUT2D eigenvalue weighted by Crippen LogP contribution is 2.50. The van der Waals surface area contributed by atoms with E-state index >= 15 is 0 Å². The summed E-state index contributed by atoms with van der Waals surface area (Å²) in [4.78, 5) is 2.63. The first kappa shape index (κ1) is 9.51. The zero-order valence-electron chi connectivity index (χ0n) is 9.56. The Hall–Kier alpha value is -0.0400. The molecule has 0 radical (unpaired) electrons. The van der Waals surface area contributed by atoms with Crippen molar-refractivity contribution >= 4 is 0 Å². The molecule has 0 aromatic carbocycles. The average molecular weight is 181 g/mol. The highest BCUT2D eigenvalue weighted by atomic mass is 15.2. The van der Waals surface area contributed by atoms with E-state index in [-0.39, 0.29) is 0 Å². The molecule has 1 heteroatoms. The molecular weight excluding hydrogens is 158 g/mol. The molecule has 1 saturated heterocycles. The predicted octanol–water partition coefficient (Wildman–Crippen LogP) is 2.91. The van der Waals surface area contributed by atoms with Crippen LogP contribution in [0.5, 0.6) is 0 Å². The summed E-state index contributed by atoms with van der Waals surface area (Å²) in [6.45, 7) is 8.48. The first-order valence-corrected chi connectivity index (χ1v) is 5.65. The van der Waals surface area contributed by atoms with E-state index in [2.05, 4.69) is 32.7 Å². The van der Waals surface area contributed by atoms with Crippen molar-refractivity contribution in [1.82, 2.24) is 4.90 Å². The van der Waals surface area contributed by atoms with Gasteiger partial charge < -0.3 is 4.90 Å². The molecule has 1 nitrogen and oxygen atoms in total. The maximum Gasteiger partial charge on any atom is 0.0208 e. The van der Waals surface area contributed by atoms with Gasteiger partial charge >= 0.3 is 0 Å². The highest BCUT2D eigenvalue weighted by Gasteiger charge is 2.50. The Balaban J connectivity index is 1.99. The van der Waals surface area contributed by atoms with Crippen LogP contribution in [-0.2, 0) is 0 Å². The van der Waals surface area contributed by atoms with E-state index in [1.807, 2.05) is 0 Å². The summed E-state index contributed by atoms with van der Waals surface area (Å²) in [5.74, 6) is 0.906. The molecule has 76 valence electrons. The van der Waals surface area contributed by atoms with E-state index in [1.54, 1.807) is 0 Å². The maximum atomic E-state index is 2.63. The number of hydrogen-bond donors (Lipinski definition) is 0. The molecule has 0 amide bonds. The third-order valence-electron chi connectivity index (χ3n) is 4.31. The van der Waals surface area contributed by atoms with Crippen molar-refractivity contribution < 1.29 is 0 Å². The lowest BCUT2D eigenvalue weighted by molar-refractivity contribution is 0.0629. The van der Waals surface area contributed by atoms with Crippen LogP contribution in [0.15, 0.2) is 0 Å². The Morgan fingerprint density at radius 2 is 1.77 bits per heavy atom. The Morgan fingerprint density at radius 3 is 2.15 bits per heavy atom. The Kier molecular flexibility index (Phi) is 1.99. The smallest absolute Gasteiger partial charge is 0.0208 e. The fourth-order valence-corrected chi connectivity index (χ4v) is 2.73. The number of rotatable bonds is 0. The van der Waals surface area contributed by atoms with Gasteiger partial charge in [-0.15, -0.1) is 0 Å². The van der Waals surface area contributed by atoms with Crippen molar-refractivity contribution in [3.05, 3.63) is 0 Å². The summed E-state index contributed by atoms with van der Waals surface area (Å²) in [5, 5.41) is 0. The third-order valence-corrected chi connectivity index (χ3v) is 4.31. The van der Waals surface area contributed by atoms with Gasteiger partial charge in [0.2, 0.25) is 0 Å². The largest absolute Gasteiger partial charge is 0.300 e. The van der Waals surface area contributed by atoms with E-state index in [9.17, 15) is 0 Å². The minimum Gasteiger partial charge on any atom is -0.300 e. The van der Waals surface area contributed by atoms with Crippen molar-refractivity contribution in [3.8, 4) is 0 Å². The molecule has 0 aromatic heterocycles. The second-order valence-electron chi connectivity index (χ2n) is 6.21. The van der Waals surface area contributed by atoms with Gasteiger partial charge in [0.05, 0.1) is 0 Å². The van der Waals surface area contributed by atoms with Gasteiger partial charge in [-0.05, 0) is 44.1 Å². The zero-order chi connectivity index (χ0) is 9.69. The average Bonchev–Trinajstić information content (AvgIpc) is 2.74. The summed E-state index contributed by atoms with van der Waals surface area (Å²) >= 11 is 0. The first-order valence-electron chi connectivity index (χ1n) is 5.65. The van der Waals surface area contributed by atoms with Crippen LogP contribution in [0, 0.1) is 11.3 Å². The molecule has 1 unspecified atom stereocenters. The monoisotopic (exact) mass is 181 g/mol. The number of likely N-dealkylation sites (tertiary alicyclic amines) is 1. The lowest BCUT2D eigenvalue weighted by atomic mass is 9.74. The normalized spacial score (nSPS) is 33.7. The van der Waals surface area contributed by atoms with Crippen LogP contribution in [0.4, 0.5) is 0 Å². The van der Waals surface area contributed by atoms with Crippen LogP contribution >= 0.6 is 0 Å². The van der Waals surface area contributed by atoms with Gasteiger partial charge in [0.15, 0.2) is 0 Å². The SMILES string of the molecule is CN1CC(C(C)(C)C)CCC12CC2. The van der Waals surface area contributed by atoms with Crippen LogP contribution in [0.25, 0.3) is 0 Å². The number of hydrogen-bond acceptors (Lipinski definition) is 1. The van der Waals surface area contributed by atoms with Gasteiger partial charge in [0, 0.05) is 12.1 Å². The van der Waals surface area contributed by atoms with Gasteiger partial charge in [-0.2, -0.15) is 0 Å². The van der Waals surface area contributed by atoms with E-state index in [0.29, 0.717) is 11.0 Å². The summed E-state index contributed by atoms with van der Waals surface area (Å²) in [5.41, 5.74) is 1.17. The first-order chi connectivity index (χ1) is 5.94. The minimum absolute atomic E-state index is 0.505. The second kappa shape index (κ2) is 2.73.